The summed E-state index contributed by atoms with van der Waals surface area (Å²) < 4.78 is 0. The standard InChI is InChI=1S/C22H32O4/c1-2-3-10-15-20(23)16-11-7-5-4-6-8-12-17-21(24)18-13-9-14-19-22(25)26/h4-6,8-9,12-14,17-20,23-24H,2-3,7,10-11,15-16H2,1H3,(H,25,26). The minimum absolute atomic E-state index is 0.0793. The fraction of sp³-hybridized carbons (Fsp3) is 0.409. The third-order valence-corrected chi connectivity index (χ3v) is 3.51. The van der Waals surface area contributed by atoms with Crippen molar-refractivity contribution in [2.24, 2.45) is 0 Å². The van der Waals surface area contributed by atoms with Crippen LogP contribution < -0.4 is 0 Å². The zero-order valence-electron chi connectivity index (χ0n) is 15.6. The second kappa shape index (κ2) is 17.5. The number of carbonyl (C=O) groups is 1. The summed E-state index contributed by atoms with van der Waals surface area (Å²) in [6.07, 6.45) is 24.9. The van der Waals surface area contributed by atoms with Crippen molar-refractivity contribution in [3.05, 3.63) is 72.6 Å². The van der Waals surface area contributed by atoms with Gasteiger partial charge in [-0.3, -0.25) is 0 Å². The van der Waals surface area contributed by atoms with E-state index in [4.69, 9.17) is 5.11 Å². The van der Waals surface area contributed by atoms with Crippen LogP contribution in [-0.2, 0) is 4.79 Å². The van der Waals surface area contributed by atoms with Crippen LogP contribution in [0.15, 0.2) is 72.6 Å². The van der Waals surface area contributed by atoms with Crippen molar-refractivity contribution in [2.45, 2.75) is 58.0 Å². The van der Waals surface area contributed by atoms with Gasteiger partial charge >= 0.3 is 5.97 Å². The van der Waals surface area contributed by atoms with Crippen molar-refractivity contribution >= 4 is 5.97 Å². The van der Waals surface area contributed by atoms with Crippen LogP contribution >= 0.6 is 0 Å². The summed E-state index contributed by atoms with van der Waals surface area (Å²) in [5.41, 5.74) is 0. The summed E-state index contributed by atoms with van der Waals surface area (Å²) in [4.78, 5) is 10.2. The quantitative estimate of drug-likeness (QED) is 0.168. The summed E-state index contributed by atoms with van der Waals surface area (Å²) >= 11 is 0. The van der Waals surface area contributed by atoms with Gasteiger partial charge in [-0.25, -0.2) is 4.79 Å². The molecule has 1 atom stereocenters. The molecule has 0 aromatic rings. The number of aliphatic hydroxyl groups excluding tert-OH is 2. The van der Waals surface area contributed by atoms with Crippen molar-refractivity contribution in [3.8, 4) is 0 Å². The molecule has 0 spiro atoms. The monoisotopic (exact) mass is 360 g/mol. The molecular weight excluding hydrogens is 328 g/mol. The van der Waals surface area contributed by atoms with E-state index in [0.29, 0.717) is 0 Å². The van der Waals surface area contributed by atoms with Gasteiger partial charge in [0, 0.05) is 6.08 Å². The first-order chi connectivity index (χ1) is 12.6. The van der Waals surface area contributed by atoms with E-state index in [1.807, 2.05) is 18.2 Å². The Hall–Kier alpha value is -2.33. The molecule has 0 aliphatic rings. The SMILES string of the molecule is CCCCCC(O)CCCC=CC=CC=CC(O)=CC=CC=CC(=O)O. The zero-order chi connectivity index (χ0) is 19.5. The van der Waals surface area contributed by atoms with E-state index < -0.39 is 5.97 Å². The molecule has 0 heterocycles. The van der Waals surface area contributed by atoms with Gasteiger partial charge in [0.05, 0.1) is 6.10 Å². The van der Waals surface area contributed by atoms with E-state index in [1.54, 1.807) is 18.2 Å². The summed E-state index contributed by atoms with van der Waals surface area (Å²) in [5.74, 6) is -0.931. The molecule has 0 rings (SSSR count). The molecule has 0 aromatic heterocycles. The van der Waals surface area contributed by atoms with E-state index in [0.717, 1.165) is 38.2 Å². The van der Waals surface area contributed by atoms with Crippen molar-refractivity contribution in [3.63, 3.8) is 0 Å². The van der Waals surface area contributed by atoms with Crippen LogP contribution in [0, 0.1) is 0 Å². The van der Waals surface area contributed by atoms with Crippen molar-refractivity contribution < 1.29 is 20.1 Å². The van der Waals surface area contributed by atoms with Gasteiger partial charge in [0.1, 0.15) is 5.76 Å². The molecule has 0 saturated heterocycles. The summed E-state index contributed by atoms with van der Waals surface area (Å²) in [5, 5.41) is 27.8. The number of hydrogen-bond acceptors (Lipinski definition) is 3. The highest BCUT2D eigenvalue weighted by Crippen LogP contribution is 2.09. The maximum atomic E-state index is 10.2. The number of aliphatic hydroxyl groups is 2. The second-order valence-electron chi connectivity index (χ2n) is 5.93. The Labute approximate surface area is 157 Å². The van der Waals surface area contributed by atoms with Crippen LogP contribution in [-0.4, -0.2) is 27.4 Å². The Balaban J connectivity index is 3.88. The van der Waals surface area contributed by atoms with Crippen LogP contribution in [0.25, 0.3) is 0 Å². The fourth-order valence-electron chi connectivity index (χ4n) is 2.11. The molecule has 26 heavy (non-hydrogen) atoms. The third-order valence-electron chi connectivity index (χ3n) is 3.51. The maximum absolute atomic E-state index is 10.2. The largest absolute Gasteiger partial charge is 0.508 e. The normalized spacial score (nSPS) is 14.6. The first-order valence-electron chi connectivity index (χ1n) is 9.21. The van der Waals surface area contributed by atoms with Gasteiger partial charge in [-0.05, 0) is 37.8 Å². The van der Waals surface area contributed by atoms with Crippen LogP contribution in [0.3, 0.4) is 0 Å². The van der Waals surface area contributed by atoms with E-state index in [-0.39, 0.29) is 11.9 Å². The molecule has 3 N–H and O–H groups in total. The minimum atomic E-state index is -1.01. The molecule has 144 valence electrons. The summed E-state index contributed by atoms with van der Waals surface area (Å²) in [6.45, 7) is 2.16. The molecule has 0 radical (unpaired) electrons. The van der Waals surface area contributed by atoms with Crippen LogP contribution in [0.4, 0.5) is 0 Å². The molecule has 0 fully saturated rings. The molecule has 0 amide bonds. The lowest BCUT2D eigenvalue weighted by atomic mass is 10.1. The Morgan fingerprint density at radius 2 is 1.50 bits per heavy atom. The Bertz CT molecular complexity index is 536. The lowest BCUT2D eigenvalue weighted by Crippen LogP contribution is -2.05. The molecule has 0 bridgehead atoms. The lowest BCUT2D eigenvalue weighted by Gasteiger charge is -2.08. The number of aliphatic carboxylic acids is 1. The number of rotatable bonds is 14. The highest BCUT2D eigenvalue weighted by molar-refractivity contribution is 5.80. The summed E-state index contributed by atoms with van der Waals surface area (Å²) in [7, 11) is 0. The van der Waals surface area contributed by atoms with E-state index in [2.05, 4.69) is 13.0 Å². The van der Waals surface area contributed by atoms with Gasteiger partial charge in [0.15, 0.2) is 0 Å². The Morgan fingerprint density at radius 1 is 0.846 bits per heavy atom. The maximum Gasteiger partial charge on any atom is 0.328 e. The molecule has 0 aromatic carbocycles. The smallest absolute Gasteiger partial charge is 0.328 e. The van der Waals surface area contributed by atoms with Crippen molar-refractivity contribution in [1.29, 1.82) is 0 Å². The van der Waals surface area contributed by atoms with Gasteiger partial charge in [0.2, 0.25) is 0 Å². The lowest BCUT2D eigenvalue weighted by molar-refractivity contribution is -0.131. The Morgan fingerprint density at radius 3 is 2.23 bits per heavy atom. The van der Waals surface area contributed by atoms with E-state index in [1.165, 1.54) is 31.1 Å². The molecule has 0 saturated carbocycles. The first-order valence-corrected chi connectivity index (χ1v) is 9.21. The number of carboxylic acid groups (broad SMARTS) is 1. The highest BCUT2D eigenvalue weighted by atomic mass is 16.4. The van der Waals surface area contributed by atoms with Crippen molar-refractivity contribution in [1.82, 2.24) is 0 Å². The number of allylic oxidation sites excluding steroid dienone is 10. The molecule has 0 aliphatic heterocycles. The topological polar surface area (TPSA) is 77.8 Å². The van der Waals surface area contributed by atoms with Gasteiger partial charge in [-0.15, -0.1) is 0 Å². The predicted octanol–water partition coefficient (Wildman–Crippen LogP) is 5.41. The third kappa shape index (κ3) is 18.0. The molecule has 4 heteroatoms. The summed E-state index contributed by atoms with van der Waals surface area (Å²) in [6, 6.07) is 0. The number of hydrogen-bond donors (Lipinski definition) is 3. The van der Waals surface area contributed by atoms with Crippen LogP contribution in [0.2, 0.25) is 0 Å². The molecular formula is C22H32O4. The number of carboxylic acids is 1. The fourth-order valence-corrected chi connectivity index (χ4v) is 2.11. The zero-order valence-corrected chi connectivity index (χ0v) is 15.6. The van der Waals surface area contributed by atoms with Gasteiger partial charge in [0.25, 0.3) is 0 Å². The van der Waals surface area contributed by atoms with Crippen LogP contribution in [0.1, 0.15) is 51.9 Å². The van der Waals surface area contributed by atoms with Gasteiger partial charge in [-0.1, -0.05) is 74.8 Å². The predicted molar refractivity (Wildman–Crippen MR) is 108 cm³/mol. The molecule has 4 nitrogen and oxygen atoms in total. The minimum Gasteiger partial charge on any atom is -0.508 e. The van der Waals surface area contributed by atoms with Crippen molar-refractivity contribution in [2.75, 3.05) is 0 Å². The first kappa shape index (κ1) is 23.7. The van der Waals surface area contributed by atoms with E-state index >= 15 is 0 Å². The average molecular weight is 360 g/mol. The van der Waals surface area contributed by atoms with Gasteiger partial charge < -0.3 is 15.3 Å². The van der Waals surface area contributed by atoms with E-state index in [9.17, 15) is 15.0 Å². The van der Waals surface area contributed by atoms with Gasteiger partial charge in [-0.2, -0.15) is 0 Å². The average Bonchev–Trinajstić information content (AvgIpc) is 2.60. The number of unbranched alkanes of at least 4 members (excludes halogenated alkanes) is 3. The Kier molecular flexibility index (Phi) is 15.9. The highest BCUT2D eigenvalue weighted by Gasteiger charge is 2.01. The van der Waals surface area contributed by atoms with Crippen LogP contribution in [0.5, 0.6) is 0 Å². The second-order valence-corrected chi connectivity index (χ2v) is 5.93. The molecule has 0 aliphatic carbocycles. The molecule has 1 unspecified atom stereocenters.